The molecule has 1 saturated heterocycles. The highest BCUT2D eigenvalue weighted by Crippen LogP contribution is 2.40. The number of nitro benzene ring substituents is 1. The molecule has 2 aromatic rings. The van der Waals surface area contributed by atoms with Gasteiger partial charge in [0.2, 0.25) is 0 Å². The molecule has 0 aromatic heterocycles. The molecule has 11 heteroatoms. The maximum atomic E-state index is 13.4. The van der Waals surface area contributed by atoms with Crippen molar-refractivity contribution in [2.24, 2.45) is 0 Å². The molecule has 1 fully saturated rings. The van der Waals surface area contributed by atoms with Crippen LogP contribution in [-0.4, -0.2) is 56.7 Å². The van der Waals surface area contributed by atoms with Crippen molar-refractivity contribution in [3.05, 3.63) is 92.3 Å². The van der Waals surface area contributed by atoms with Crippen LogP contribution < -0.4 is 10.1 Å². The zero-order valence-corrected chi connectivity index (χ0v) is 26.2. The van der Waals surface area contributed by atoms with Crippen molar-refractivity contribution in [2.45, 2.75) is 71.0 Å². The number of rotatable bonds is 15. The summed E-state index contributed by atoms with van der Waals surface area (Å²) in [6.07, 6.45) is 6.27. The van der Waals surface area contributed by atoms with Crippen LogP contribution in [0, 0.1) is 10.1 Å². The van der Waals surface area contributed by atoms with E-state index in [4.69, 9.17) is 23.7 Å². The summed E-state index contributed by atoms with van der Waals surface area (Å²) >= 11 is 0. The minimum atomic E-state index is -0.893. The Morgan fingerprint density at radius 1 is 0.956 bits per heavy atom. The van der Waals surface area contributed by atoms with E-state index >= 15 is 0 Å². The number of non-ortho nitro benzene ring substituents is 1. The Bertz CT molecular complexity index is 1390. The highest BCUT2D eigenvalue weighted by atomic mass is 16.7. The quantitative estimate of drug-likeness (QED) is 0.111. The summed E-state index contributed by atoms with van der Waals surface area (Å²) in [5, 5.41) is 14.5. The molecule has 0 spiro atoms. The van der Waals surface area contributed by atoms with Crippen LogP contribution in [0.1, 0.15) is 69.4 Å². The van der Waals surface area contributed by atoms with E-state index in [1.54, 1.807) is 19.9 Å². The second kappa shape index (κ2) is 16.7. The monoisotopic (exact) mass is 622 g/mol. The maximum Gasteiger partial charge on any atom is 0.336 e. The number of unbranched alkanes of at least 4 members (excludes halogenated alkanes) is 1. The molecule has 0 bridgehead atoms. The fourth-order valence-electron chi connectivity index (χ4n) is 5.52. The fraction of sp³-hybridized carbons (Fsp3) is 0.471. The molecule has 2 aromatic carbocycles. The van der Waals surface area contributed by atoms with E-state index in [9.17, 15) is 19.7 Å². The lowest BCUT2D eigenvalue weighted by molar-refractivity contribution is -0.384. The number of carbonyl (C=O) groups excluding carboxylic acids is 2. The first kappa shape index (κ1) is 33.7. The molecule has 242 valence electrons. The van der Waals surface area contributed by atoms with Crippen LogP contribution in [0.15, 0.2) is 71.1 Å². The number of carbonyl (C=O) groups is 2. The summed E-state index contributed by atoms with van der Waals surface area (Å²) in [6, 6.07) is 13.9. The number of esters is 2. The Kier molecular flexibility index (Phi) is 12.5. The highest BCUT2D eigenvalue weighted by Gasteiger charge is 2.38. The van der Waals surface area contributed by atoms with Crippen molar-refractivity contribution in [3.63, 3.8) is 0 Å². The summed E-state index contributed by atoms with van der Waals surface area (Å²) in [4.78, 5) is 37.1. The van der Waals surface area contributed by atoms with Gasteiger partial charge in [0.1, 0.15) is 5.75 Å². The van der Waals surface area contributed by atoms with E-state index in [2.05, 4.69) is 17.4 Å². The van der Waals surface area contributed by atoms with Crippen molar-refractivity contribution in [3.8, 4) is 5.75 Å². The van der Waals surface area contributed by atoms with E-state index < -0.39 is 22.8 Å². The summed E-state index contributed by atoms with van der Waals surface area (Å²) in [5.74, 6) is -1.37. The van der Waals surface area contributed by atoms with E-state index in [1.807, 2.05) is 12.1 Å². The number of ether oxygens (including phenoxy) is 5. The average Bonchev–Trinajstić information content (AvgIpc) is 3.05. The van der Waals surface area contributed by atoms with Gasteiger partial charge in [-0.05, 0) is 82.1 Å². The number of aryl methyl sites for hydroxylation is 1. The minimum absolute atomic E-state index is 0.0539. The molecule has 2 aliphatic heterocycles. The van der Waals surface area contributed by atoms with Crippen molar-refractivity contribution in [2.75, 3.05) is 33.5 Å². The zero-order valence-electron chi connectivity index (χ0n) is 26.2. The third kappa shape index (κ3) is 9.39. The Morgan fingerprint density at radius 2 is 1.69 bits per heavy atom. The van der Waals surface area contributed by atoms with Gasteiger partial charge in [-0.3, -0.25) is 10.1 Å². The summed E-state index contributed by atoms with van der Waals surface area (Å²) in [5.41, 5.74) is 2.87. The van der Waals surface area contributed by atoms with Crippen molar-refractivity contribution < 1.29 is 38.2 Å². The average molecular weight is 623 g/mol. The van der Waals surface area contributed by atoms with Crippen LogP contribution in [0.25, 0.3) is 0 Å². The molecule has 2 aliphatic rings. The first-order chi connectivity index (χ1) is 21.8. The SMILES string of the molecule is COC(=O)C1=C(C)NC(C)=C(C(=O)OCCCCOc2ccc(CCCOC3CCCCO3)cc2)C1c1cccc([N+](=O)[O-])c1. The lowest BCUT2D eigenvalue weighted by Crippen LogP contribution is -2.32. The predicted molar refractivity (Wildman–Crippen MR) is 166 cm³/mol. The first-order valence-electron chi connectivity index (χ1n) is 15.4. The Morgan fingerprint density at radius 3 is 2.38 bits per heavy atom. The summed E-state index contributed by atoms with van der Waals surface area (Å²) < 4.78 is 27.9. The lowest BCUT2D eigenvalue weighted by Gasteiger charge is -2.30. The van der Waals surface area contributed by atoms with Gasteiger partial charge < -0.3 is 29.0 Å². The Hall–Kier alpha value is -4.22. The number of allylic oxidation sites excluding steroid dienone is 2. The Labute approximate surface area is 263 Å². The number of dihydropyridines is 1. The number of nitro groups is 1. The molecule has 0 amide bonds. The molecular formula is C34H42N2O9. The van der Waals surface area contributed by atoms with Crippen LogP contribution >= 0.6 is 0 Å². The second-order valence-electron chi connectivity index (χ2n) is 11.1. The highest BCUT2D eigenvalue weighted by molar-refractivity contribution is 5.99. The topological polar surface area (TPSA) is 135 Å². The molecule has 45 heavy (non-hydrogen) atoms. The van der Waals surface area contributed by atoms with E-state index in [0.29, 0.717) is 43.0 Å². The number of nitrogens with one attached hydrogen (secondary N) is 1. The van der Waals surface area contributed by atoms with Gasteiger partial charge >= 0.3 is 11.9 Å². The van der Waals surface area contributed by atoms with Crippen LogP contribution in [0.3, 0.4) is 0 Å². The van der Waals surface area contributed by atoms with Crippen molar-refractivity contribution in [1.29, 1.82) is 0 Å². The van der Waals surface area contributed by atoms with Gasteiger partial charge in [-0.1, -0.05) is 24.3 Å². The molecule has 0 saturated carbocycles. The molecule has 0 aliphatic carbocycles. The number of nitrogens with zero attached hydrogens (tertiary/aromatic N) is 1. The Balaban J connectivity index is 1.25. The first-order valence-corrected chi connectivity index (χ1v) is 15.4. The van der Waals surface area contributed by atoms with E-state index in [-0.39, 0.29) is 29.7 Å². The summed E-state index contributed by atoms with van der Waals surface area (Å²) in [6.45, 7) is 5.47. The van der Waals surface area contributed by atoms with Crippen LogP contribution in [0.4, 0.5) is 5.69 Å². The van der Waals surface area contributed by atoms with Gasteiger partial charge in [-0.2, -0.15) is 0 Å². The van der Waals surface area contributed by atoms with Crippen LogP contribution in [-0.2, 0) is 35.0 Å². The van der Waals surface area contributed by atoms with Gasteiger partial charge in [0.15, 0.2) is 6.29 Å². The molecular weight excluding hydrogens is 580 g/mol. The predicted octanol–water partition coefficient (Wildman–Crippen LogP) is 5.88. The summed E-state index contributed by atoms with van der Waals surface area (Å²) in [7, 11) is 1.25. The smallest absolute Gasteiger partial charge is 0.336 e. The third-order valence-electron chi connectivity index (χ3n) is 7.82. The zero-order chi connectivity index (χ0) is 32.2. The van der Waals surface area contributed by atoms with E-state index in [0.717, 1.165) is 44.5 Å². The van der Waals surface area contributed by atoms with E-state index in [1.165, 1.54) is 30.9 Å². The van der Waals surface area contributed by atoms with Crippen molar-refractivity contribution in [1.82, 2.24) is 5.32 Å². The molecule has 4 rings (SSSR count). The molecule has 11 nitrogen and oxygen atoms in total. The number of hydrogen-bond donors (Lipinski definition) is 1. The molecule has 2 unspecified atom stereocenters. The van der Waals surface area contributed by atoms with Crippen molar-refractivity contribution >= 4 is 17.6 Å². The number of hydrogen-bond acceptors (Lipinski definition) is 10. The third-order valence-corrected chi connectivity index (χ3v) is 7.82. The standard InChI is InChI=1S/C34H42N2O9/c1-23-30(33(37)41-3)32(26-11-8-12-27(22-26)36(39)40)31(24(2)35-23)34(38)45-20-7-6-18-42-28-16-14-25(15-17-28)10-9-21-44-29-13-4-5-19-43-29/h8,11-12,14-17,22,29,32,35H,4-7,9-10,13,18-21H2,1-3H3. The molecule has 0 radical (unpaired) electrons. The van der Waals surface area contributed by atoms with Gasteiger partial charge in [0, 0.05) is 30.1 Å². The van der Waals surface area contributed by atoms with Crippen LogP contribution in [0.2, 0.25) is 0 Å². The van der Waals surface area contributed by atoms with Crippen LogP contribution in [0.5, 0.6) is 5.75 Å². The van der Waals surface area contributed by atoms with Gasteiger partial charge in [-0.25, -0.2) is 9.59 Å². The fourth-order valence-corrected chi connectivity index (χ4v) is 5.52. The van der Waals surface area contributed by atoms with Gasteiger partial charge in [0.05, 0.1) is 48.9 Å². The van der Waals surface area contributed by atoms with Gasteiger partial charge in [-0.15, -0.1) is 0 Å². The van der Waals surface area contributed by atoms with Gasteiger partial charge in [0.25, 0.3) is 5.69 Å². The molecule has 2 heterocycles. The number of methoxy groups -OCH3 is 1. The number of benzene rings is 2. The maximum absolute atomic E-state index is 13.4. The second-order valence-corrected chi connectivity index (χ2v) is 11.1. The minimum Gasteiger partial charge on any atom is -0.494 e. The largest absolute Gasteiger partial charge is 0.494 e. The normalized spacial score (nSPS) is 18.3. The molecule has 2 atom stereocenters. The molecule has 1 N–H and O–H groups in total. The lowest BCUT2D eigenvalue weighted by atomic mass is 9.80.